The molecule has 2 rings (SSSR count). The summed E-state index contributed by atoms with van der Waals surface area (Å²) in [6.07, 6.45) is 2.88. The molecule has 1 amide bonds. The highest BCUT2D eigenvalue weighted by Gasteiger charge is 2.23. The molecule has 1 aliphatic heterocycles. The second-order valence-corrected chi connectivity index (χ2v) is 3.95. The molecule has 0 radical (unpaired) electrons. The number of carbonyl (C=O) groups is 1. The van der Waals surface area contributed by atoms with Crippen molar-refractivity contribution in [1.82, 2.24) is 4.90 Å². The fourth-order valence-electron chi connectivity index (χ4n) is 1.96. The number of rotatable bonds is 1. The first-order chi connectivity index (χ1) is 7.70. The number of hydrogen-bond acceptors (Lipinski definition) is 1. The van der Waals surface area contributed by atoms with E-state index in [2.05, 4.69) is 0 Å². The van der Waals surface area contributed by atoms with Crippen LogP contribution in [0, 0.1) is 11.6 Å². The van der Waals surface area contributed by atoms with Crippen molar-refractivity contribution in [3.8, 4) is 0 Å². The smallest absolute Gasteiger partial charge is 0.259 e. The Balaban J connectivity index is 2.26. The van der Waals surface area contributed by atoms with Crippen LogP contribution in [0.2, 0.25) is 0 Å². The Morgan fingerprint density at radius 2 is 1.62 bits per heavy atom. The van der Waals surface area contributed by atoms with Crippen molar-refractivity contribution in [2.75, 3.05) is 13.1 Å². The van der Waals surface area contributed by atoms with Crippen LogP contribution in [-0.4, -0.2) is 23.9 Å². The monoisotopic (exact) mass is 225 g/mol. The van der Waals surface area contributed by atoms with Crippen LogP contribution in [0.5, 0.6) is 0 Å². The molecule has 86 valence electrons. The Morgan fingerprint density at radius 3 is 2.19 bits per heavy atom. The number of hydrogen-bond donors (Lipinski definition) is 0. The van der Waals surface area contributed by atoms with E-state index in [0.29, 0.717) is 13.1 Å². The van der Waals surface area contributed by atoms with Gasteiger partial charge in [-0.1, -0.05) is 6.07 Å². The topological polar surface area (TPSA) is 20.3 Å². The molecule has 0 aliphatic carbocycles. The van der Waals surface area contributed by atoms with Crippen molar-refractivity contribution >= 4 is 5.91 Å². The summed E-state index contributed by atoms with van der Waals surface area (Å²) in [5, 5.41) is 0. The van der Waals surface area contributed by atoms with Gasteiger partial charge in [-0.05, 0) is 31.4 Å². The molecule has 0 bridgehead atoms. The molecular formula is C12H13F2NO. The van der Waals surface area contributed by atoms with E-state index in [4.69, 9.17) is 0 Å². The molecule has 0 spiro atoms. The lowest BCUT2D eigenvalue weighted by atomic mass is 10.1. The van der Waals surface area contributed by atoms with Gasteiger partial charge in [0.05, 0.1) is 0 Å². The third-order valence-electron chi connectivity index (χ3n) is 2.82. The van der Waals surface area contributed by atoms with Gasteiger partial charge in [0.15, 0.2) is 0 Å². The lowest BCUT2D eigenvalue weighted by Crippen LogP contribution is -2.36. The van der Waals surface area contributed by atoms with Crippen LogP contribution in [0.3, 0.4) is 0 Å². The first kappa shape index (κ1) is 11.0. The van der Waals surface area contributed by atoms with Crippen LogP contribution in [0.25, 0.3) is 0 Å². The van der Waals surface area contributed by atoms with Gasteiger partial charge in [0.2, 0.25) is 0 Å². The number of carbonyl (C=O) groups excluding carboxylic acids is 1. The summed E-state index contributed by atoms with van der Waals surface area (Å²) < 4.78 is 26.7. The zero-order valence-electron chi connectivity index (χ0n) is 8.88. The second-order valence-electron chi connectivity index (χ2n) is 3.95. The van der Waals surface area contributed by atoms with Crippen LogP contribution in [0.15, 0.2) is 18.2 Å². The van der Waals surface area contributed by atoms with E-state index in [9.17, 15) is 13.6 Å². The van der Waals surface area contributed by atoms with Crippen LogP contribution in [-0.2, 0) is 0 Å². The van der Waals surface area contributed by atoms with E-state index in [1.54, 1.807) is 0 Å². The molecule has 0 atom stereocenters. The Labute approximate surface area is 92.9 Å². The zero-order chi connectivity index (χ0) is 11.5. The van der Waals surface area contributed by atoms with Gasteiger partial charge in [-0.15, -0.1) is 0 Å². The van der Waals surface area contributed by atoms with Gasteiger partial charge in [0.25, 0.3) is 5.91 Å². The molecule has 16 heavy (non-hydrogen) atoms. The molecule has 1 aromatic carbocycles. The third kappa shape index (κ3) is 2.05. The molecule has 2 nitrogen and oxygen atoms in total. The second kappa shape index (κ2) is 4.60. The molecule has 4 heteroatoms. The minimum absolute atomic E-state index is 0.426. The summed E-state index contributed by atoms with van der Waals surface area (Å²) in [5.74, 6) is -2.10. The fraction of sp³-hybridized carbons (Fsp3) is 0.417. The van der Waals surface area contributed by atoms with E-state index in [1.165, 1.54) is 11.0 Å². The maximum Gasteiger partial charge on any atom is 0.259 e. The highest BCUT2D eigenvalue weighted by molar-refractivity contribution is 5.94. The third-order valence-corrected chi connectivity index (χ3v) is 2.82. The quantitative estimate of drug-likeness (QED) is 0.719. The lowest BCUT2D eigenvalue weighted by Gasteiger charge is -2.26. The molecule has 0 aromatic heterocycles. The standard InChI is InChI=1S/C12H13F2NO/c13-9-5-4-6-10(14)11(9)12(16)15-7-2-1-3-8-15/h4-6H,1-3,7-8H2. The Hall–Kier alpha value is -1.45. The van der Waals surface area contributed by atoms with Crippen molar-refractivity contribution < 1.29 is 13.6 Å². The summed E-state index contributed by atoms with van der Waals surface area (Å²) in [6.45, 7) is 1.18. The predicted molar refractivity (Wildman–Crippen MR) is 56.1 cm³/mol. The van der Waals surface area contributed by atoms with E-state index in [1.807, 2.05) is 0 Å². The van der Waals surface area contributed by atoms with Gasteiger partial charge in [0, 0.05) is 13.1 Å². The number of benzene rings is 1. The van der Waals surface area contributed by atoms with Gasteiger partial charge in [-0.2, -0.15) is 0 Å². The first-order valence-corrected chi connectivity index (χ1v) is 5.43. The lowest BCUT2D eigenvalue weighted by molar-refractivity contribution is 0.0714. The minimum atomic E-state index is -0.782. The van der Waals surface area contributed by atoms with Crippen LogP contribution >= 0.6 is 0 Å². The van der Waals surface area contributed by atoms with Crippen molar-refractivity contribution in [3.05, 3.63) is 35.4 Å². The number of likely N-dealkylation sites (tertiary alicyclic amines) is 1. The molecular weight excluding hydrogens is 212 g/mol. The number of halogens is 2. The van der Waals surface area contributed by atoms with Crippen molar-refractivity contribution in [3.63, 3.8) is 0 Å². The predicted octanol–water partition coefficient (Wildman–Crippen LogP) is 2.59. The van der Waals surface area contributed by atoms with Crippen LogP contribution in [0.1, 0.15) is 29.6 Å². The number of piperidine rings is 1. The highest BCUT2D eigenvalue weighted by Crippen LogP contribution is 2.17. The first-order valence-electron chi connectivity index (χ1n) is 5.43. The summed E-state index contributed by atoms with van der Waals surface area (Å²) in [4.78, 5) is 13.4. The molecule has 0 unspecified atom stereocenters. The van der Waals surface area contributed by atoms with Gasteiger partial charge in [-0.3, -0.25) is 4.79 Å². The average molecular weight is 225 g/mol. The Morgan fingerprint density at radius 1 is 1.06 bits per heavy atom. The summed E-state index contributed by atoms with van der Waals surface area (Å²) in [5.41, 5.74) is -0.426. The molecule has 1 fully saturated rings. The molecule has 1 saturated heterocycles. The molecule has 1 aliphatic rings. The van der Waals surface area contributed by atoms with Gasteiger partial charge in [0.1, 0.15) is 17.2 Å². The SMILES string of the molecule is O=C(c1c(F)cccc1F)N1CCCCC1. The maximum atomic E-state index is 13.4. The highest BCUT2D eigenvalue weighted by atomic mass is 19.1. The van der Waals surface area contributed by atoms with E-state index < -0.39 is 23.1 Å². The molecule has 1 heterocycles. The normalized spacial score (nSPS) is 16.2. The fourth-order valence-corrected chi connectivity index (χ4v) is 1.96. The van der Waals surface area contributed by atoms with Crippen molar-refractivity contribution in [2.45, 2.75) is 19.3 Å². The Kier molecular flexibility index (Phi) is 3.17. The maximum absolute atomic E-state index is 13.4. The number of amides is 1. The van der Waals surface area contributed by atoms with Gasteiger partial charge in [-0.25, -0.2) is 8.78 Å². The number of nitrogens with zero attached hydrogens (tertiary/aromatic N) is 1. The van der Waals surface area contributed by atoms with Gasteiger partial charge >= 0.3 is 0 Å². The van der Waals surface area contributed by atoms with E-state index >= 15 is 0 Å². The van der Waals surface area contributed by atoms with Crippen LogP contribution < -0.4 is 0 Å². The summed E-state index contributed by atoms with van der Waals surface area (Å²) in [6, 6.07) is 3.48. The molecule has 1 aromatic rings. The van der Waals surface area contributed by atoms with E-state index in [0.717, 1.165) is 31.4 Å². The molecule has 0 N–H and O–H groups in total. The van der Waals surface area contributed by atoms with E-state index in [-0.39, 0.29) is 0 Å². The minimum Gasteiger partial charge on any atom is -0.338 e. The summed E-state index contributed by atoms with van der Waals surface area (Å²) >= 11 is 0. The van der Waals surface area contributed by atoms with Crippen molar-refractivity contribution in [2.24, 2.45) is 0 Å². The van der Waals surface area contributed by atoms with Crippen molar-refractivity contribution in [1.29, 1.82) is 0 Å². The summed E-state index contributed by atoms with van der Waals surface area (Å²) in [7, 11) is 0. The van der Waals surface area contributed by atoms with Gasteiger partial charge < -0.3 is 4.90 Å². The largest absolute Gasteiger partial charge is 0.338 e. The zero-order valence-corrected chi connectivity index (χ0v) is 8.88. The van der Waals surface area contributed by atoms with Crippen LogP contribution in [0.4, 0.5) is 8.78 Å². The Bertz CT molecular complexity index is 380. The molecule has 0 saturated carbocycles. The average Bonchev–Trinajstić information content (AvgIpc) is 2.30.